The van der Waals surface area contributed by atoms with Crippen molar-refractivity contribution in [3.8, 4) is 0 Å². The second kappa shape index (κ2) is 3.56. The third-order valence-corrected chi connectivity index (χ3v) is 2.30. The molecule has 1 atom stereocenters. The van der Waals surface area contributed by atoms with Crippen molar-refractivity contribution in [2.24, 2.45) is 7.05 Å². The van der Waals surface area contributed by atoms with Gasteiger partial charge in [-0.15, -0.1) is 0 Å². The van der Waals surface area contributed by atoms with Gasteiger partial charge in [0.05, 0.1) is 12.0 Å². The number of hydrogen-bond donors (Lipinski definition) is 1. The summed E-state index contributed by atoms with van der Waals surface area (Å²) in [4.78, 5) is 3.83. The normalized spacial score (nSPS) is 13.5. The van der Waals surface area contributed by atoms with Gasteiger partial charge in [-0.05, 0) is 0 Å². The Balaban J connectivity index is 3.00. The number of aryl methyl sites for hydroxylation is 1. The zero-order chi connectivity index (χ0) is 8.43. The van der Waals surface area contributed by atoms with Gasteiger partial charge in [0, 0.05) is 12.4 Å². The molecule has 0 spiro atoms. The van der Waals surface area contributed by atoms with Crippen molar-refractivity contribution in [2.45, 2.75) is 6.10 Å². The molecule has 0 aromatic carbocycles. The van der Waals surface area contributed by atoms with E-state index in [1.54, 1.807) is 17.9 Å². The number of rotatable bonds is 2. The van der Waals surface area contributed by atoms with Gasteiger partial charge in [0.15, 0.2) is 5.15 Å². The lowest BCUT2D eigenvalue weighted by molar-refractivity contribution is 0.197. The van der Waals surface area contributed by atoms with E-state index in [1.807, 2.05) is 0 Å². The number of aromatic nitrogens is 2. The first-order chi connectivity index (χ1) is 5.16. The largest absolute Gasteiger partial charge is 0.386 e. The average Bonchev–Trinajstić information content (AvgIpc) is 2.30. The number of imidazole rings is 1. The highest BCUT2D eigenvalue weighted by Gasteiger charge is 2.14. The van der Waals surface area contributed by atoms with Crippen molar-refractivity contribution >= 4 is 27.5 Å². The summed E-state index contributed by atoms with van der Waals surface area (Å²) in [6.45, 7) is 0. The van der Waals surface area contributed by atoms with Gasteiger partial charge in [-0.25, -0.2) is 4.98 Å². The number of hydrogen-bond acceptors (Lipinski definition) is 2. The Labute approximate surface area is 78.1 Å². The summed E-state index contributed by atoms with van der Waals surface area (Å²) in [5, 5.41) is 10.2. The van der Waals surface area contributed by atoms with Crippen molar-refractivity contribution in [1.82, 2.24) is 9.55 Å². The molecule has 0 radical (unpaired) electrons. The van der Waals surface area contributed by atoms with Gasteiger partial charge in [-0.3, -0.25) is 0 Å². The molecule has 0 fully saturated rings. The molecule has 0 aliphatic rings. The van der Waals surface area contributed by atoms with Crippen LogP contribution < -0.4 is 0 Å². The number of alkyl halides is 1. The molecule has 1 rings (SSSR count). The Morgan fingerprint density at radius 3 is 2.91 bits per heavy atom. The molecular formula is C6H8BrClN2O. The van der Waals surface area contributed by atoms with Crippen molar-refractivity contribution in [3.63, 3.8) is 0 Å². The lowest BCUT2D eigenvalue weighted by Crippen LogP contribution is -2.04. The summed E-state index contributed by atoms with van der Waals surface area (Å²) >= 11 is 8.86. The summed E-state index contributed by atoms with van der Waals surface area (Å²) in [5.74, 6) is 0. The topological polar surface area (TPSA) is 38.0 Å². The van der Waals surface area contributed by atoms with Crippen LogP contribution in [-0.4, -0.2) is 20.0 Å². The fourth-order valence-corrected chi connectivity index (χ4v) is 1.47. The second-order valence-corrected chi connectivity index (χ2v) is 3.21. The van der Waals surface area contributed by atoms with Crippen LogP contribution >= 0.6 is 27.5 Å². The maximum atomic E-state index is 9.39. The van der Waals surface area contributed by atoms with E-state index in [-0.39, 0.29) is 0 Å². The molecule has 0 aliphatic heterocycles. The Hall–Kier alpha value is -0.0600. The van der Waals surface area contributed by atoms with Crippen molar-refractivity contribution < 1.29 is 5.11 Å². The van der Waals surface area contributed by atoms with Crippen LogP contribution in [0.3, 0.4) is 0 Å². The van der Waals surface area contributed by atoms with E-state index in [2.05, 4.69) is 20.9 Å². The molecule has 62 valence electrons. The zero-order valence-electron chi connectivity index (χ0n) is 5.96. The number of aliphatic hydroxyl groups excluding tert-OH is 1. The summed E-state index contributed by atoms with van der Waals surface area (Å²) < 4.78 is 1.70. The highest BCUT2D eigenvalue weighted by molar-refractivity contribution is 9.09. The van der Waals surface area contributed by atoms with Crippen molar-refractivity contribution in [3.05, 3.63) is 17.2 Å². The molecule has 1 unspecified atom stereocenters. The van der Waals surface area contributed by atoms with Crippen molar-refractivity contribution in [1.29, 1.82) is 0 Å². The number of nitrogens with zero attached hydrogens (tertiary/aromatic N) is 2. The minimum Gasteiger partial charge on any atom is -0.386 e. The van der Waals surface area contributed by atoms with Crippen LogP contribution in [-0.2, 0) is 7.05 Å². The van der Waals surface area contributed by atoms with Crippen LogP contribution in [0.2, 0.25) is 5.15 Å². The Morgan fingerprint density at radius 2 is 2.55 bits per heavy atom. The first-order valence-electron chi connectivity index (χ1n) is 3.07. The van der Waals surface area contributed by atoms with Gasteiger partial charge < -0.3 is 9.67 Å². The van der Waals surface area contributed by atoms with Crippen LogP contribution in [0, 0.1) is 0 Å². The fourth-order valence-electron chi connectivity index (χ4n) is 0.857. The predicted octanol–water partition coefficient (Wildman–Crippen LogP) is 1.50. The SMILES string of the molecule is Cn1cnc(Cl)c1C(O)CBr. The van der Waals surface area contributed by atoms with Crippen LogP contribution in [0.25, 0.3) is 0 Å². The van der Waals surface area contributed by atoms with E-state index in [9.17, 15) is 5.11 Å². The van der Waals surface area contributed by atoms with Gasteiger partial charge in [-0.2, -0.15) is 0 Å². The number of aliphatic hydroxyl groups is 1. The summed E-state index contributed by atoms with van der Waals surface area (Å²) in [6, 6.07) is 0. The lowest BCUT2D eigenvalue weighted by atomic mass is 10.3. The molecule has 1 aromatic heterocycles. The highest BCUT2D eigenvalue weighted by Crippen LogP contribution is 2.21. The van der Waals surface area contributed by atoms with Gasteiger partial charge in [0.25, 0.3) is 0 Å². The molecule has 0 saturated carbocycles. The molecule has 5 heteroatoms. The van der Waals surface area contributed by atoms with E-state index >= 15 is 0 Å². The highest BCUT2D eigenvalue weighted by atomic mass is 79.9. The predicted molar refractivity (Wildman–Crippen MR) is 47.0 cm³/mol. The summed E-state index contributed by atoms with van der Waals surface area (Å²) in [5.41, 5.74) is 0.642. The molecule has 1 heterocycles. The van der Waals surface area contributed by atoms with E-state index in [0.717, 1.165) is 0 Å². The van der Waals surface area contributed by atoms with E-state index in [0.29, 0.717) is 16.2 Å². The third kappa shape index (κ3) is 1.75. The van der Waals surface area contributed by atoms with E-state index < -0.39 is 6.10 Å². The molecule has 0 bridgehead atoms. The Morgan fingerprint density at radius 1 is 1.91 bits per heavy atom. The standard InChI is InChI=1S/C6H8BrClN2O/c1-10-3-9-6(8)5(10)4(11)2-7/h3-4,11H,2H2,1H3. The van der Waals surface area contributed by atoms with Crippen LogP contribution in [0.15, 0.2) is 6.33 Å². The molecule has 3 nitrogen and oxygen atoms in total. The monoisotopic (exact) mass is 238 g/mol. The van der Waals surface area contributed by atoms with Crippen molar-refractivity contribution in [2.75, 3.05) is 5.33 Å². The van der Waals surface area contributed by atoms with E-state index in [4.69, 9.17) is 11.6 Å². The fraction of sp³-hybridized carbons (Fsp3) is 0.500. The second-order valence-electron chi connectivity index (χ2n) is 2.20. The Bertz CT molecular complexity index is 231. The first kappa shape index (κ1) is 9.03. The molecule has 0 saturated heterocycles. The minimum atomic E-state index is -0.588. The van der Waals surface area contributed by atoms with Gasteiger partial charge in [0.2, 0.25) is 0 Å². The molecular weight excluding hydrogens is 231 g/mol. The quantitative estimate of drug-likeness (QED) is 0.795. The van der Waals surface area contributed by atoms with Crippen LogP contribution in [0.1, 0.15) is 11.8 Å². The maximum absolute atomic E-state index is 9.39. The molecule has 0 amide bonds. The van der Waals surface area contributed by atoms with Gasteiger partial charge in [0.1, 0.15) is 6.10 Å². The summed E-state index contributed by atoms with van der Waals surface area (Å²) in [6.07, 6.45) is 0.985. The van der Waals surface area contributed by atoms with Crippen LogP contribution in [0.4, 0.5) is 0 Å². The molecule has 0 aliphatic carbocycles. The lowest BCUT2D eigenvalue weighted by Gasteiger charge is -2.07. The average molecular weight is 239 g/mol. The number of halogens is 2. The minimum absolute atomic E-state index is 0.361. The first-order valence-corrected chi connectivity index (χ1v) is 4.57. The third-order valence-electron chi connectivity index (χ3n) is 1.40. The molecule has 1 aromatic rings. The van der Waals surface area contributed by atoms with Crippen LogP contribution in [0.5, 0.6) is 0 Å². The molecule has 11 heavy (non-hydrogen) atoms. The molecule has 1 N–H and O–H groups in total. The smallest absolute Gasteiger partial charge is 0.152 e. The Kier molecular flexibility index (Phi) is 2.92. The maximum Gasteiger partial charge on any atom is 0.152 e. The van der Waals surface area contributed by atoms with E-state index in [1.165, 1.54) is 0 Å². The summed E-state index contributed by atoms with van der Waals surface area (Å²) in [7, 11) is 1.79. The van der Waals surface area contributed by atoms with Gasteiger partial charge >= 0.3 is 0 Å². The van der Waals surface area contributed by atoms with Gasteiger partial charge in [-0.1, -0.05) is 27.5 Å². The zero-order valence-corrected chi connectivity index (χ0v) is 8.30.